The SMILES string of the molecule is COc1ccc(C)cc1CCNc1ccc(S(=O)(=O)N2CCCC2)cc1[N+](=O)[O-]. The molecule has 1 aliphatic rings. The minimum absolute atomic E-state index is 0.0444. The molecule has 3 rings (SSSR count). The third kappa shape index (κ3) is 4.68. The standard InChI is InChI=1S/C20H25N3O5S/c1-15-5-8-20(28-2)16(13-15)9-10-21-18-7-6-17(14-19(18)23(24)25)29(26,27)22-11-3-4-12-22/h5-8,13-14,21H,3-4,9-12H2,1-2H3. The molecular formula is C20H25N3O5S. The topological polar surface area (TPSA) is 102 Å². The Bertz CT molecular complexity index is 1000. The molecule has 0 aromatic heterocycles. The van der Waals surface area contributed by atoms with Gasteiger partial charge < -0.3 is 10.1 Å². The third-order valence-electron chi connectivity index (χ3n) is 5.01. The van der Waals surface area contributed by atoms with E-state index in [0.717, 1.165) is 35.8 Å². The second-order valence-corrected chi connectivity index (χ2v) is 8.98. The summed E-state index contributed by atoms with van der Waals surface area (Å²) in [7, 11) is -2.10. The van der Waals surface area contributed by atoms with Crippen molar-refractivity contribution in [3.05, 3.63) is 57.6 Å². The highest BCUT2D eigenvalue weighted by Crippen LogP contribution is 2.30. The maximum Gasteiger partial charge on any atom is 0.293 e. The predicted molar refractivity (Wildman–Crippen MR) is 111 cm³/mol. The van der Waals surface area contributed by atoms with Crippen LogP contribution >= 0.6 is 0 Å². The number of benzene rings is 2. The number of nitro groups is 1. The van der Waals surface area contributed by atoms with Crippen molar-refractivity contribution in [2.75, 3.05) is 32.1 Å². The molecule has 9 heteroatoms. The van der Waals surface area contributed by atoms with Gasteiger partial charge in [-0.2, -0.15) is 4.31 Å². The fourth-order valence-electron chi connectivity index (χ4n) is 3.48. The number of hydrogen-bond acceptors (Lipinski definition) is 6. The van der Waals surface area contributed by atoms with E-state index in [2.05, 4.69) is 5.32 Å². The lowest BCUT2D eigenvalue weighted by Gasteiger charge is -2.16. The van der Waals surface area contributed by atoms with E-state index in [-0.39, 0.29) is 10.6 Å². The number of aryl methyl sites for hydroxylation is 1. The van der Waals surface area contributed by atoms with E-state index in [1.54, 1.807) is 7.11 Å². The maximum absolute atomic E-state index is 12.7. The summed E-state index contributed by atoms with van der Waals surface area (Å²) in [6, 6.07) is 9.90. The van der Waals surface area contributed by atoms with E-state index >= 15 is 0 Å². The first-order chi connectivity index (χ1) is 13.8. The summed E-state index contributed by atoms with van der Waals surface area (Å²) in [5, 5.41) is 14.6. The van der Waals surface area contributed by atoms with Crippen LogP contribution in [0.15, 0.2) is 41.3 Å². The number of hydrogen-bond donors (Lipinski definition) is 1. The molecule has 156 valence electrons. The Morgan fingerprint density at radius 3 is 2.55 bits per heavy atom. The second-order valence-electron chi connectivity index (χ2n) is 7.04. The lowest BCUT2D eigenvalue weighted by atomic mass is 10.1. The van der Waals surface area contributed by atoms with Crippen LogP contribution in [0.5, 0.6) is 5.75 Å². The minimum atomic E-state index is -3.70. The zero-order valence-corrected chi connectivity index (χ0v) is 17.4. The van der Waals surface area contributed by atoms with E-state index in [1.807, 2.05) is 25.1 Å². The summed E-state index contributed by atoms with van der Waals surface area (Å²) >= 11 is 0. The van der Waals surface area contributed by atoms with Crippen LogP contribution in [0.3, 0.4) is 0 Å². The first-order valence-electron chi connectivity index (χ1n) is 9.49. The van der Waals surface area contributed by atoms with Gasteiger partial charge in [0.15, 0.2) is 0 Å². The van der Waals surface area contributed by atoms with Gasteiger partial charge in [-0.25, -0.2) is 8.42 Å². The molecule has 2 aromatic rings. The monoisotopic (exact) mass is 419 g/mol. The highest BCUT2D eigenvalue weighted by atomic mass is 32.2. The van der Waals surface area contributed by atoms with E-state index in [1.165, 1.54) is 16.4 Å². The van der Waals surface area contributed by atoms with Gasteiger partial charge in [-0.15, -0.1) is 0 Å². The molecule has 29 heavy (non-hydrogen) atoms. The summed E-state index contributed by atoms with van der Waals surface area (Å²) in [4.78, 5) is 10.9. The first-order valence-corrected chi connectivity index (χ1v) is 10.9. The summed E-state index contributed by atoms with van der Waals surface area (Å²) in [6.45, 7) is 3.34. The van der Waals surface area contributed by atoms with E-state index in [9.17, 15) is 18.5 Å². The Labute approximate surface area is 170 Å². The Kier molecular flexibility index (Phi) is 6.39. The molecule has 0 atom stereocenters. The molecule has 0 unspecified atom stereocenters. The lowest BCUT2D eigenvalue weighted by Crippen LogP contribution is -2.27. The number of sulfonamides is 1. The Hall–Kier alpha value is -2.65. The molecule has 1 N–H and O–H groups in total. The number of rotatable bonds is 8. The molecular weight excluding hydrogens is 394 g/mol. The molecule has 0 radical (unpaired) electrons. The van der Waals surface area contributed by atoms with Gasteiger partial charge in [0.25, 0.3) is 5.69 Å². The van der Waals surface area contributed by atoms with Crippen LogP contribution in [0, 0.1) is 17.0 Å². The van der Waals surface area contributed by atoms with Crippen LogP contribution in [0.2, 0.25) is 0 Å². The fourth-order valence-corrected chi connectivity index (χ4v) is 5.02. The van der Waals surface area contributed by atoms with Gasteiger partial charge in [0, 0.05) is 25.7 Å². The van der Waals surface area contributed by atoms with E-state index in [4.69, 9.17) is 4.74 Å². The average Bonchev–Trinajstić information content (AvgIpc) is 3.24. The van der Waals surface area contributed by atoms with Gasteiger partial charge in [0.05, 0.1) is 16.9 Å². The van der Waals surface area contributed by atoms with Crippen molar-refractivity contribution in [2.45, 2.75) is 31.1 Å². The highest BCUT2D eigenvalue weighted by Gasteiger charge is 2.29. The number of nitro benzene ring substituents is 1. The lowest BCUT2D eigenvalue weighted by molar-refractivity contribution is -0.384. The van der Waals surface area contributed by atoms with Gasteiger partial charge in [-0.3, -0.25) is 10.1 Å². The van der Waals surface area contributed by atoms with Crippen LogP contribution in [0.1, 0.15) is 24.0 Å². The Morgan fingerprint density at radius 1 is 1.17 bits per heavy atom. The molecule has 2 aromatic carbocycles. The van der Waals surface area contributed by atoms with Gasteiger partial charge in [0.2, 0.25) is 10.0 Å². The smallest absolute Gasteiger partial charge is 0.293 e. The van der Waals surface area contributed by atoms with Crippen LogP contribution in [-0.2, 0) is 16.4 Å². The zero-order valence-electron chi connectivity index (χ0n) is 16.6. The van der Waals surface area contributed by atoms with E-state index < -0.39 is 14.9 Å². The van der Waals surface area contributed by atoms with Crippen molar-refractivity contribution < 1.29 is 18.1 Å². The quantitative estimate of drug-likeness (QED) is 0.520. The molecule has 1 fully saturated rings. The Morgan fingerprint density at radius 2 is 1.90 bits per heavy atom. The maximum atomic E-state index is 12.7. The van der Waals surface area contributed by atoms with Crippen LogP contribution < -0.4 is 10.1 Å². The van der Waals surface area contributed by atoms with Gasteiger partial charge in [-0.1, -0.05) is 17.7 Å². The zero-order chi connectivity index (χ0) is 21.0. The van der Waals surface area contributed by atoms with Crippen molar-refractivity contribution in [2.24, 2.45) is 0 Å². The molecule has 0 saturated carbocycles. The molecule has 0 bridgehead atoms. The van der Waals surface area contributed by atoms with Crippen molar-refractivity contribution in [3.8, 4) is 5.75 Å². The number of nitrogens with zero attached hydrogens (tertiary/aromatic N) is 2. The summed E-state index contributed by atoms with van der Waals surface area (Å²) in [5.74, 6) is 0.763. The van der Waals surface area contributed by atoms with Crippen molar-refractivity contribution in [3.63, 3.8) is 0 Å². The summed E-state index contributed by atoms with van der Waals surface area (Å²) in [6.07, 6.45) is 2.22. The molecule has 1 aliphatic heterocycles. The third-order valence-corrected chi connectivity index (χ3v) is 6.91. The van der Waals surface area contributed by atoms with E-state index in [0.29, 0.717) is 31.7 Å². The number of methoxy groups -OCH3 is 1. The summed E-state index contributed by atoms with van der Waals surface area (Å²) in [5.41, 5.74) is 2.14. The van der Waals surface area contributed by atoms with Gasteiger partial charge in [0.1, 0.15) is 11.4 Å². The first kappa shape index (κ1) is 21.1. The van der Waals surface area contributed by atoms with Crippen molar-refractivity contribution in [1.82, 2.24) is 4.31 Å². The van der Waals surface area contributed by atoms with Crippen LogP contribution in [0.25, 0.3) is 0 Å². The molecule has 1 saturated heterocycles. The van der Waals surface area contributed by atoms with Crippen LogP contribution in [-0.4, -0.2) is 44.4 Å². The normalized spacial score (nSPS) is 14.7. The van der Waals surface area contributed by atoms with Crippen molar-refractivity contribution in [1.29, 1.82) is 0 Å². The number of nitrogens with one attached hydrogen (secondary N) is 1. The fraction of sp³-hybridized carbons (Fsp3) is 0.400. The molecule has 0 aliphatic carbocycles. The largest absolute Gasteiger partial charge is 0.496 e. The summed E-state index contributed by atoms with van der Waals surface area (Å²) < 4.78 is 32.1. The molecule has 0 amide bonds. The number of anilines is 1. The molecule has 1 heterocycles. The average molecular weight is 420 g/mol. The predicted octanol–water partition coefficient (Wildman–Crippen LogP) is 3.35. The second kappa shape index (κ2) is 8.79. The number of ether oxygens (including phenoxy) is 1. The van der Waals surface area contributed by atoms with Crippen molar-refractivity contribution >= 4 is 21.4 Å². The molecule has 0 spiro atoms. The molecule has 8 nitrogen and oxygen atoms in total. The highest BCUT2D eigenvalue weighted by molar-refractivity contribution is 7.89. The Balaban J connectivity index is 1.78. The van der Waals surface area contributed by atoms with Gasteiger partial charge in [-0.05, 0) is 49.9 Å². The van der Waals surface area contributed by atoms with Gasteiger partial charge >= 0.3 is 0 Å². The minimum Gasteiger partial charge on any atom is -0.496 e. The van der Waals surface area contributed by atoms with Crippen LogP contribution in [0.4, 0.5) is 11.4 Å².